The number of carbonyl (C=O) groups is 3. The number of carbonyl (C=O) groups excluding carboxylic acids is 3. The highest BCUT2D eigenvalue weighted by molar-refractivity contribution is 5.71. The normalized spacial score (nSPS) is 13.3. The summed E-state index contributed by atoms with van der Waals surface area (Å²) in [6.45, 7) is 6.32. The van der Waals surface area contributed by atoms with Gasteiger partial charge in [0.2, 0.25) is 0 Å². The Morgan fingerprint density at radius 1 is 0.259 bits per heavy atom. The van der Waals surface area contributed by atoms with Crippen LogP contribution in [0.25, 0.3) is 0 Å². The molecule has 1 unspecified atom stereocenters. The van der Waals surface area contributed by atoms with Gasteiger partial charge in [0, 0.05) is 19.3 Å². The molecule has 0 spiro atoms. The third kappa shape index (κ3) is 65.5. The number of rotatable bonds is 57. The summed E-state index contributed by atoms with van der Waals surface area (Å²) in [5.74, 6) is -0.962. The lowest BCUT2D eigenvalue weighted by molar-refractivity contribution is -0.167. The molecule has 0 saturated carbocycles. The van der Waals surface area contributed by atoms with Gasteiger partial charge in [-0.1, -0.05) is 281 Å². The molecular weight excluding hydrogens is 997 g/mol. The van der Waals surface area contributed by atoms with Crippen molar-refractivity contribution in [3.05, 3.63) is 170 Å². The van der Waals surface area contributed by atoms with Gasteiger partial charge in [0.25, 0.3) is 0 Å². The zero-order chi connectivity index (χ0) is 58.5. The van der Waals surface area contributed by atoms with Crippen LogP contribution in [0.3, 0.4) is 0 Å². The molecule has 0 amide bonds. The molecule has 0 aliphatic heterocycles. The molecular formula is C75H118O6. The maximum absolute atomic E-state index is 12.8. The number of allylic oxidation sites excluding steroid dienone is 28. The molecule has 6 nitrogen and oxygen atoms in total. The summed E-state index contributed by atoms with van der Waals surface area (Å²) < 4.78 is 16.8. The van der Waals surface area contributed by atoms with Crippen LogP contribution >= 0.6 is 0 Å². The fourth-order valence-electron chi connectivity index (χ4n) is 8.40. The Bertz CT molecular complexity index is 1860. The van der Waals surface area contributed by atoms with E-state index in [1.54, 1.807) is 0 Å². The van der Waals surface area contributed by atoms with Gasteiger partial charge in [0.15, 0.2) is 6.10 Å². The number of esters is 3. The molecule has 0 aliphatic carbocycles. The SMILES string of the molecule is CC/C=C\C/C=C\C/C=C\C/C=C\C/C=C\C/C=C\C/C=C\C/C=C\CCCCCCCCCCCCC(=O)OCC(COC(=O)CCCCCCCCC)OC(=O)CCCC/C=C\C/C=C\C/C=C\C/C=C\C/C=C\C/C=C\CC. The van der Waals surface area contributed by atoms with Gasteiger partial charge >= 0.3 is 17.9 Å². The van der Waals surface area contributed by atoms with Gasteiger partial charge in [0.05, 0.1) is 0 Å². The Morgan fingerprint density at radius 2 is 0.481 bits per heavy atom. The summed E-state index contributed by atoms with van der Waals surface area (Å²) in [6, 6.07) is 0. The Balaban J connectivity index is 4.20. The summed E-state index contributed by atoms with van der Waals surface area (Å²) in [5.41, 5.74) is 0. The van der Waals surface area contributed by atoms with E-state index in [9.17, 15) is 14.4 Å². The van der Waals surface area contributed by atoms with Crippen molar-refractivity contribution in [3.8, 4) is 0 Å². The summed E-state index contributed by atoms with van der Waals surface area (Å²) in [6.07, 6.45) is 99.6. The molecule has 0 bridgehead atoms. The van der Waals surface area contributed by atoms with Crippen LogP contribution in [-0.2, 0) is 28.6 Å². The van der Waals surface area contributed by atoms with Gasteiger partial charge in [0.1, 0.15) is 13.2 Å². The van der Waals surface area contributed by atoms with Crippen LogP contribution in [0.5, 0.6) is 0 Å². The first kappa shape index (κ1) is 75.8. The molecule has 0 rings (SSSR count). The molecule has 0 aromatic heterocycles. The maximum Gasteiger partial charge on any atom is 0.306 e. The first-order chi connectivity index (χ1) is 40.0. The van der Waals surface area contributed by atoms with Crippen LogP contribution in [0.15, 0.2) is 170 Å². The van der Waals surface area contributed by atoms with Gasteiger partial charge in [-0.3, -0.25) is 14.4 Å². The van der Waals surface area contributed by atoms with E-state index < -0.39 is 6.10 Å². The predicted octanol–water partition coefficient (Wildman–Crippen LogP) is 22.7. The lowest BCUT2D eigenvalue weighted by Gasteiger charge is -2.18. The van der Waals surface area contributed by atoms with E-state index >= 15 is 0 Å². The zero-order valence-electron chi connectivity index (χ0n) is 52.0. The van der Waals surface area contributed by atoms with Crippen LogP contribution in [0.4, 0.5) is 0 Å². The molecule has 0 saturated heterocycles. The summed E-state index contributed by atoms with van der Waals surface area (Å²) in [5, 5.41) is 0. The van der Waals surface area contributed by atoms with Crippen LogP contribution < -0.4 is 0 Å². The molecule has 0 radical (unpaired) electrons. The monoisotopic (exact) mass is 1110 g/mol. The lowest BCUT2D eigenvalue weighted by Crippen LogP contribution is -2.30. The maximum atomic E-state index is 12.8. The van der Waals surface area contributed by atoms with Crippen molar-refractivity contribution in [2.45, 2.75) is 271 Å². The number of hydrogen-bond acceptors (Lipinski definition) is 6. The third-order valence-corrected chi connectivity index (χ3v) is 13.2. The van der Waals surface area contributed by atoms with E-state index in [0.29, 0.717) is 19.3 Å². The minimum atomic E-state index is -0.808. The van der Waals surface area contributed by atoms with Crippen molar-refractivity contribution >= 4 is 17.9 Å². The first-order valence-corrected chi connectivity index (χ1v) is 32.6. The Kier molecular flexibility index (Phi) is 62.9. The topological polar surface area (TPSA) is 78.9 Å². The zero-order valence-corrected chi connectivity index (χ0v) is 52.0. The average molecular weight is 1120 g/mol. The van der Waals surface area contributed by atoms with Crippen LogP contribution in [-0.4, -0.2) is 37.2 Å². The summed E-state index contributed by atoms with van der Waals surface area (Å²) in [7, 11) is 0. The molecule has 81 heavy (non-hydrogen) atoms. The lowest BCUT2D eigenvalue weighted by atomic mass is 10.1. The average Bonchev–Trinajstić information content (AvgIpc) is 3.47. The molecule has 0 aliphatic rings. The molecule has 1 atom stereocenters. The van der Waals surface area contributed by atoms with Crippen molar-refractivity contribution < 1.29 is 28.6 Å². The highest BCUT2D eigenvalue weighted by Crippen LogP contribution is 2.14. The molecule has 0 aromatic carbocycles. The van der Waals surface area contributed by atoms with E-state index in [0.717, 1.165) is 148 Å². The molecule has 0 aromatic rings. The Morgan fingerprint density at radius 3 is 0.778 bits per heavy atom. The van der Waals surface area contributed by atoms with Crippen LogP contribution in [0.1, 0.15) is 265 Å². The summed E-state index contributed by atoms with van der Waals surface area (Å²) in [4.78, 5) is 38.1. The third-order valence-electron chi connectivity index (χ3n) is 13.2. The van der Waals surface area contributed by atoms with E-state index in [1.807, 2.05) is 0 Å². The molecule has 6 heteroatoms. The van der Waals surface area contributed by atoms with Crippen molar-refractivity contribution in [1.29, 1.82) is 0 Å². The fourth-order valence-corrected chi connectivity index (χ4v) is 8.40. The molecule has 454 valence electrons. The fraction of sp³-hybridized carbons (Fsp3) is 0.587. The van der Waals surface area contributed by atoms with Crippen LogP contribution in [0.2, 0.25) is 0 Å². The molecule has 0 N–H and O–H groups in total. The second-order valence-corrected chi connectivity index (χ2v) is 20.9. The highest BCUT2D eigenvalue weighted by atomic mass is 16.6. The van der Waals surface area contributed by atoms with Gasteiger partial charge in [-0.2, -0.15) is 0 Å². The minimum Gasteiger partial charge on any atom is -0.462 e. The minimum absolute atomic E-state index is 0.102. The standard InChI is InChI=1S/C75H118O6/c1-4-7-10-13-16-18-20-22-24-26-28-30-31-32-33-34-35-36-37-38-39-40-41-42-43-45-46-48-50-52-54-56-59-62-65-68-74(77)80-71-72(70-79-73(76)67-64-61-58-15-12-9-6-3)81-75(78)69-66-63-60-57-55-53-51-49-47-44-29-27-25-23-21-19-17-14-11-8-5-2/h7-8,10-11,16-19,22-25,28-30,32-33,35-36,38-39,41-42,44,49,51,55,57,72H,4-6,9,12-15,20-21,26-27,31,34,37,40,43,45-48,50,52-54,56,58-71H2,1-3H3/b10-7-,11-8-,18-16-,19-17-,24-22-,25-23-,30-28-,33-32-,36-35-,39-38-,42-41-,44-29-,51-49-,57-55-. The molecule has 0 fully saturated rings. The van der Waals surface area contributed by atoms with Gasteiger partial charge in [-0.05, 0) is 135 Å². The van der Waals surface area contributed by atoms with Gasteiger partial charge < -0.3 is 14.2 Å². The Hall–Kier alpha value is -5.23. The van der Waals surface area contributed by atoms with Crippen molar-refractivity contribution in [2.75, 3.05) is 13.2 Å². The number of ether oxygens (including phenoxy) is 3. The second kappa shape index (κ2) is 67.3. The van der Waals surface area contributed by atoms with Gasteiger partial charge in [-0.25, -0.2) is 0 Å². The van der Waals surface area contributed by atoms with Crippen molar-refractivity contribution in [1.82, 2.24) is 0 Å². The largest absolute Gasteiger partial charge is 0.462 e. The second-order valence-electron chi connectivity index (χ2n) is 20.9. The number of unbranched alkanes of at least 4 members (excludes halogenated alkanes) is 18. The number of hydrogen-bond donors (Lipinski definition) is 0. The van der Waals surface area contributed by atoms with E-state index in [-0.39, 0.29) is 37.5 Å². The van der Waals surface area contributed by atoms with E-state index in [4.69, 9.17) is 14.2 Å². The molecule has 0 heterocycles. The summed E-state index contributed by atoms with van der Waals surface area (Å²) >= 11 is 0. The highest BCUT2D eigenvalue weighted by Gasteiger charge is 2.19. The smallest absolute Gasteiger partial charge is 0.306 e. The van der Waals surface area contributed by atoms with Crippen molar-refractivity contribution in [2.24, 2.45) is 0 Å². The first-order valence-electron chi connectivity index (χ1n) is 32.6. The Labute approximate surface area is 498 Å². The van der Waals surface area contributed by atoms with E-state index in [2.05, 4.69) is 191 Å². The van der Waals surface area contributed by atoms with E-state index in [1.165, 1.54) is 70.6 Å². The quantitative estimate of drug-likeness (QED) is 0.0261. The predicted molar refractivity (Wildman–Crippen MR) is 352 cm³/mol. The van der Waals surface area contributed by atoms with Gasteiger partial charge in [-0.15, -0.1) is 0 Å². The van der Waals surface area contributed by atoms with Crippen molar-refractivity contribution in [3.63, 3.8) is 0 Å². The van der Waals surface area contributed by atoms with Crippen LogP contribution in [0, 0.1) is 0 Å².